The molecule has 0 aromatic heterocycles. The van der Waals surface area contributed by atoms with Crippen molar-refractivity contribution in [3.05, 3.63) is 114 Å². The Kier molecular flexibility index (Phi) is 8.70. The second-order valence-electron chi connectivity index (χ2n) is 12.7. The average Bonchev–Trinajstić information content (AvgIpc) is 3.50. The van der Waals surface area contributed by atoms with Gasteiger partial charge in [0.25, 0.3) is 5.91 Å². The molecule has 6 rings (SSSR count). The normalized spacial score (nSPS) is 21.9. The van der Waals surface area contributed by atoms with Gasteiger partial charge in [0.05, 0.1) is 18.3 Å². The zero-order valence-electron chi connectivity index (χ0n) is 26.6. The van der Waals surface area contributed by atoms with Gasteiger partial charge in [0, 0.05) is 46.8 Å². The predicted octanol–water partition coefficient (Wildman–Crippen LogP) is 6.80. The topological polar surface area (TPSA) is 90.4 Å². The Balaban J connectivity index is 1.42. The lowest BCUT2D eigenvalue weighted by Crippen LogP contribution is -2.45. The standard InChI is InChI=1S/C38H38FN3O5/c1-26-35(37(2,3)39)34(20-21-43)47-38(26)32-22-31(42(25-45)29-12-8-5-9-13-29)18-19-33(32)40(36(38)46)23-27-14-16-30(17-15-27)41(24-44)28-10-6-4-7-11-28/h4-19,22,24-26,34-35,43H,20-21,23H2,1-3H3/t26-,34+,35-,38+/m1/s1. The van der Waals surface area contributed by atoms with Crippen molar-refractivity contribution in [3.8, 4) is 0 Å². The molecule has 2 aliphatic heterocycles. The molecule has 0 saturated carbocycles. The van der Waals surface area contributed by atoms with Crippen LogP contribution >= 0.6 is 0 Å². The van der Waals surface area contributed by atoms with Crippen molar-refractivity contribution < 1.29 is 28.6 Å². The van der Waals surface area contributed by atoms with Gasteiger partial charge in [-0.1, -0.05) is 55.5 Å². The Morgan fingerprint density at radius 2 is 1.38 bits per heavy atom. The molecule has 4 atom stereocenters. The number of carbonyl (C=O) groups is 3. The largest absolute Gasteiger partial charge is 0.396 e. The SMILES string of the molecule is C[C@@H]1[C@@H](C(C)(C)F)[C@H](CCO)O[C@@]12C(=O)N(Cc1ccc(N(C=O)c3ccccc3)cc1)c1ccc(N(C=O)c3ccccc3)cc12. The van der Waals surface area contributed by atoms with Crippen LogP contribution in [0.25, 0.3) is 0 Å². The zero-order valence-corrected chi connectivity index (χ0v) is 26.6. The highest BCUT2D eigenvalue weighted by atomic mass is 19.1. The van der Waals surface area contributed by atoms with Gasteiger partial charge in [0.1, 0.15) is 5.67 Å². The van der Waals surface area contributed by atoms with Crippen LogP contribution in [0, 0.1) is 11.8 Å². The minimum atomic E-state index is -1.70. The summed E-state index contributed by atoms with van der Waals surface area (Å²) in [5.74, 6) is -1.61. The molecule has 2 aliphatic rings. The van der Waals surface area contributed by atoms with Crippen LogP contribution in [0.5, 0.6) is 0 Å². The van der Waals surface area contributed by atoms with Crippen molar-refractivity contribution in [2.45, 2.75) is 51.1 Å². The maximum Gasteiger partial charge on any atom is 0.264 e. The first-order valence-electron chi connectivity index (χ1n) is 15.8. The van der Waals surface area contributed by atoms with Gasteiger partial charge in [-0.3, -0.25) is 24.2 Å². The molecule has 0 radical (unpaired) electrons. The molecule has 4 aromatic rings. The molecule has 1 fully saturated rings. The Bertz CT molecular complexity index is 1750. The smallest absolute Gasteiger partial charge is 0.264 e. The number of fused-ring (bicyclic) bond motifs is 2. The number of carbonyl (C=O) groups excluding carboxylic acids is 3. The van der Waals surface area contributed by atoms with E-state index in [9.17, 15) is 19.5 Å². The Hall–Kier alpha value is -4.86. The van der Waals surface area contributed by atoms with Crippen LogP contribution < -0.4 is 14.7 Å². The number of aliphatic hydroxyl groups excluding tert-OH is 1. The van der Waals surface area contributed by atoms with E-state index in [4.69, 9.17) is 4.74 Å². The van der Waals surface area contributed by atoms with Gasteiger partial charge in [-0.25, -0.2) is 4.39 Å². The minimum Gasteiger partial charge on any atom is -0.396 e. The third kappa shape index (κ3) is 5.59. The molecule has 47 heavy (non-hydrogen) atoms. The summed E-state index contributed by atoms with van der Waals surface area (Å²) < 4.78 is 22.5. The van der Waals surface area contributed by atoms with E-state index in [0.717, 1.165) is 24.1 Å². The van der Waals surface area contributed by atoms with E-state index in [1.54, 1.807) is 23.1 Å². The highest BCUT2D eigenvalue weighted by Crippen LogP contribution is 2.59. The van der Waals surface area contributed by atoms with E-state index in [-0.39, 0.29) is 25.5 Å². The first kappa shape index (κ1) is 32.1. The van der Waals surface area contributed by atoms with Crippen molar-refractivity contribution in [2.75, 3.05) is 21.3 Å². The zero-order chi connectivity index (χ0) is 33.3. The average molecular weight is 636 g/mol. The molecule has 3 amide bonds. The quantitative estimate of drug-likeness (QED) is 0.183. The third-order valence-corrected chi connectivity index (χ3v) is 9.47. The molecule has 1 N–H and O–H groups in total. The van der Waals surface area contributed by atoms with Crippen molar-refractivity contribution in [3.63, 3.8) is 0 Å². The fraction of sp³-hybridized carbons (Fsp3) is 0.289. The molecular weight excluding hydrogens is 597 g/mol. The molecular formula is C38H38FN3O5. The van der Waals surface area contributed by atoms with E-state index < -0.39 is 29.2 Å². The number of aliphatic hydroxyl groups is 1. The minimum absolute atomic E-state index is 0.174. The molecule has 8 nitrogen and oxygen atoms in total. The lowest BCUT2D eigenvalue weighted by Gasteiger charge is -2.32. The van der Waals surface area contributed by atoms with Crippen molar-refractivity contribution in [2.24, 2.45) is 11.8 Å². The molecule has 2 heterocycles. The second kappa shape index (κ2) is 12.7. The van der Waals surface area contributed by atoms with Crippen molar-refractivity contribution in [1.29, 1.82) is 0 Å². The molecule has 9 heteroatoms. The van der Waals surface area contributed by atoms with Crippen LogP contribution in [0.4, 0.5) is 32.8 Å². The summed E-state index contributed by atoms with van der Waals surface area (Å²) in [5, 5.41) is 9.89. The summed E-state index contributed by atoms with van der Waals surface area (Å²) >= 11 is 0. The van der Waals surface area contributed by atoms with Gasteiger partial charge >= 0.3 is 0 Å². The molecule has 0 bridgehead atoms. The third-order valence-electron chi connectivity index (χ3n) is 9.47. The van der Waals surface area contributed by atoms with E-state index >= 15 is 4.39 Å². The van der Waals surface area contributed by atoms with Crippen LogP contribution in [-0.4, -0.2) is 42.2 Å². The first-order valence-corrected chi connectivity index (χ1v) is 15.8. The number of rotatable bonds is 11. The number of hydrogen-bond acceptors (Lipinski definition) is 5. The van der Waals surface area contributed by atoms with Gasteiger partial charge in [-0.05, 0) is 80.4 Å². The van der Waals surface area contributed by atoms with E-state index in [1.807, 2.05) is 91.9 Å². The van der Waals surface area contributed by atoms with Gasteiger partial charge in [0.2, 0.25) is 12.8 Å². The number of halogens is 1. The first-order chi connectivity index (χ1) is 22.6. The molecule has 4 aromatic carbocycles. The number of ether oxygens (including phenoxy) is 1. The number of anilines is 5. The summed E-state index contributed by atoms with van der Waals surface area (Å²) in [7, 11) is 0. The lowest BCUT2D eigenvalue weighted by atomic mass is 9.71. The Morgan fingerprint density at radius 1 is 0.851 bits per heavy atom. The summed E-state index contributed by atoms with van der Waals surface area (Å²) in [6.45, 7) is 4.78. The Morgan fingerprint density at radius 3 is 1.91 bits per heavy atom. The number of amides is 3. The monoisotopic (exact) mass is 635 g/mol. The summed E-state index contributed by atoms with van der Waals surface area (Å²) in [6.07, 6.45) is 0.943. The molecule has 0 aliphatic carbocycles. The maximum absolute atomic E-state index is 15.9. The maximum atomic E-state index is 15.9. The van der Waals surface area contributed by atoms with Crippen LogP contribution in [0.1, 0.15) is 38.3 Å². The fourth-order valence-electron chi connectivity index (χ4n) is 7.40. The van der Waals surface area contributed by atoms with Crippen LogP contribution in [-0.2, 0) is 31.3 Å². The predicted molar refractivity (Wildman–Crippen MR) is 179 cm³/mol. The van der Waals surface area contributed by atoms with E-state index in [0.29, 0.717) is 28.3 Å². The lowest BCUT2D eigenvalue weighted by molar-refractivity contribution is -0.146. The van der Waals surface area contributed by atoms with Crippen LogP contribution in [0.15, 0.2) is 103 Å². The van der Waals surface area contributed by atoms with Gasteiger partial charge in [0.15, 0.2) is 5.60 Å². The van der Waals surface area contributed by atoms with Crippen molar-refractivity contribution in [1.82, 2.24) is 0 Å². The molecule has 242 valence electrons. The number of para-hydroxylation sites is 2. The highest BCUT2D eigenvalue weighted by molar-refractivity contribution is 6.08. The summed E-state index contributed by atoms with van der Waals surface area (Å²) in [6, 6.07) is 31.2. The number of benzene rings is 4. The summed E-state index contributed by atoms with van der Waals surface area (Å²) in [5.41, 5.74) is 1.32. The van der Waals surface area contributed by atoms with Crippen LogP contribution in [0.3, 0.4) is 0 Å². The molecule has 0 unspecified atom stereocenters. The summed E-state index contributed by atoms with van der Waals surface area (Å²) in [4.78, 5) is 43.8. The second-order valence-corrected chi connectivity index (χ2v) is 12.7. The number of nitrogens with zero attached hydrogens (tertiary/aromatic N) is 3. The van der Waals surface area contributed by atoms with Crippen LogP contribution in [0.2, 0.25) is 0 Å². The molecule has 1 spiro atoms. The van der Waals surface area contributed by atoms with E-state index in [2.05, 4.69) is 0 Å². The van der Waals surface area contributed by atoms with Gasteiger partial charge < -0.3 is 14.7 Å². The van der Waals surface area contributed by atoms with Gasteiger partial charge in [-0.2, -0.15) is 0 Å². The fourth-order valence-corrected chi connectivity index (χ4v) is 7.40. The number of hydrogen-bond donors (Lipinski definition) is 1. The van der Waals surface area contributed by atoms with Crippen molar-refractivity contribution >= 4 is 47.2 Å². The van der Waals surface area contributed by atoms with Gasteiger partial charge in [-0.15, -0.1) is 0 Å². The van der Waals surface area contributed by atoms with E-state index in [1.165, 1.54) is 23.6 Å². The number of alkyl halides is 1. The Labute approximate surface area is 274 Å². The highest BCUT2D eigenvalue weighted by Gasteiger charge is 2.66. The molecule has 1 saturated heterocycles.